The molecule has 0 aromatic carbocycles. The molecule has 2 fully saturated rings. The molecule has 0 spiro atoms. The summed E-state index contributed by atoms with van der Waals surface area (Å²) in [6.07, 6.45) is 5.57. The molecule has 8 heteroatoms. The lowest BCUT2D eigenvalue weighted by molar-refractivity contribution is -0.0733. The highest BCUT2D eigenvalue weighted by atomic mass is 16.5. The summed E-state index contributed by atoms with van der Waals surface area (Å²) >= 11 is 0. The summed E-state index contributed by atoms with van der Waals surface area (Å²) in [6.45, 7) is 6.68. The zero-order chi connectivity index (χ0) is 18.8. The number of carbonyl (C=O) groups excluding carboxylic acids is 1. The third-order valence-corrected chi connectivity index (χ3v) is 5.33. The molecule has 2 aliphatic heterocycles. The molecular formula is C19H27N5O3. The molecule has 1 unspecified atom stereocenters. The number of fused-ring (bicyclic) bond motifs is 1. The average Bonchev–Trinajstić information content (AvgIpc) is 3.11. The van der Waals surface area contributed by atoms with Crippen LogP contribution in [0.5, 0.6) is 0 Å². The number of ether oxygens (including phenoxy) is 2. The Labute approximate surface area is 158 Å². The monoisotopic (exact) mass is 373 g/mol. The number of aryl methyl sites for hydroxylation is 2. The Kier molecular flexibility index (Phi) is 5.36. The molecule has 146 valence electrons. The molecule has 4 rings (SSSR count). The van der Waals surface area contributed by atoms with E-state index < -0.39 is 0 Å². The van der Waals surface area contributed by atoms with Crippen molar-refractivity contribution in [1.29, 1.82) is 0 Å². The summed E-state index contributed by atoms with van der Waals surface area (Å²) in [7, 11) is 0. The van der Waals surface area contributed by atoms with E-state index in [4.69, 9.17) is 9.47 Å². The lowest BCUT2D eigenvalue weighted by atomic mass is 10.1. The second-order valence-corrected chi connectivity index (χ2v) is 7.50. The number of amides is 1. The largest absolute Gasteiger partial charge is 0.376 e. The van der Waals surface area contributed by atoms with Crippen LogP contribution in [0.2, 0.25) is 0 Å². The Balaban J connectivity index is 1.32. The van der Waals surface area contributed by atoms with E-state index in [1.165, 1.54) is 6.42 Å². The van der Waals surface area contributed by atoms with Crippen molar-refractivity contribution < 1.29 is 14.3 Å². The van der Waals surface area contributed by atoms with Gasteiger partial charge in [-0.3, -0.25) is 4.79 Å². The van der Waals surface area contributed by atoms with Gasteiger partial charge in [0.15, 0.2) is 0 Å². The average molecular weight is 373 g/mol. The predicted molar refractivity (Wildman–Crippen MR) is 98.7 cm³/mol. The van der Waals surface area contributed by atoms with Crippen molar-refractivity contribution in [1.82, 2.24) is 24.5 Å². The Bertz CT molecular complexity index is 807. The molecule has 0 radical (unpaired) electrons. The third-order valence-electron chi connectivity index (χ3n) is 5.33. The maximum absolute atomic E-state index is 12.8. The first-order chi connectivity index (χ1) is 13.1. The van der Waals surface area contributed by atoms with Crippen molar-refractivity contribution in [2.45, 2.75) is 58.2 Å². The molecule has 2 aromatic heterocycles. The van der Waals surface area contributed by atoms with Gasteiger partial charge in [-0.25, -0.2) is 9.50 Å². The van der Waals surface area contributed by atoms with Crippen LogP contribution in [0, 0.1) is 13.8 Å². The van der Waals surface area contributed by atoms with Crippen LogP contribution in [0.1, 0.15) is 54.1 Å². The van der Waals surface area contributed by atoms with E-state index in [0.717, 1.165) is 43.7 Å². The third kappa shape index (κ3) is 4.11. The summed E-state index contributed by atoms with van der Waals surface area (Å²) in [6, 6.07) is 1.93. The second kappa shape index (κ2) is 7.90. The molecule has 0 N–H and O–H groups in total. The molecule has 0 saturated carbocycles. The van der Waals surface area contributed by atoms with Crippen LogP contribution in [0.25, 0.3) is 5.78 Å². The number of hydrogen-bond donors (Lipinski definition) is 0. The second-order valence-electron chi connectivity index (χ2n) is 7.50. The van der Waals surface area contributed by atoms with Crippen molar-refractivity contribution in [3.8, 4) is 0 Å². The highest BCUT2D eigenvalue weighted by Gasteiger charge is 2.27. The summed E-state index contributed by atoms with van der Waals surface area (Å²) in [5.74, 6) is 0.555. The number of hydrogen-bond acceptors (Lipinski definition) is 6. The minimum Gasteiger partial charge on any atom is -0.376 e. The van der Waals surface area contributed by atoms with Gasteiger partial charge in [0.2, 0.25) is 5.82 Å². The fraction of sp³-hybridized carbons (Fsp3) is 0.684. The zero-order valence-electron chi connectivity index (χ0n) is 16.1. The predicted octanol–water partition coefficient (Wildman–Crippen LogP) is 1.93. The number of piperidine rings is 1. The van der Waals surface area contributed by atoms with E-state index in [9.17, 15) is 4.79 Å². The highest BCUT2D eigenvalue weighted by molar-refractivity contribution is 5.91. The van der Waals surface area contributed by atoms with Crippen LogP contribution >= 0.6 is 0 Å². The Morgan fingerprint density at radius 2 is 2.04 bits per heavy atom. The number of carbonyl (C=O) groups is 1. The fourth-order valence-corrected chi connectivity index (χ4v) is 3.81. The SMILES string of the molecule is Cc1cc(C)n2nc(C(=O)N3CCC(OCC4CCCCO4)CC3)nc2n1. The zero-order valence-corrected chi connectivity index (χ0v) is 16.1. The van der Waals surface area contributed by atoms with Gasteiger partial charge in [0.05, 0.1) is 18.8 Å². The Hall–Kier alpha value is -2.06. The summed E-state index contributed by atoms with van der Waals surface area (Å²) in [5, 5.41) is 4.35. The van der Waals surface area contributed by atoms with Gasteiger partial charge in [0.25, 0.3) is 11.7 Å². The lowest BCUT2D eigenvalue weighted by Gasteiger charge is -2.32. The first-order valence-electron chi connectivity index (χ1n) is 9.83. The Morgan fingerprint density at radius 3 is 2.78 bits per heavy atom. The Morgan fingerprint density at radius 1 is 1.22 bits per heavy atom. The maximum atomic E-state index is 12.8. The highest BCUT2D eigenvalue weighted by Crippen LogP contribution is 2.19. The lowest BCUT2D eigenvalue weighted by Crippen LogP contribution is -2.42. The molecule has 0 aliphatic carbocycles. The number of nitrogens with zero attached hydrogens (tertiary/aromatic N) is 5. The van der Waals surface area contributed by atoms with Crippen LogP contribution in [-0.4, -0.2) is 68.9 Å². The number of rotatable bonds is 4. The van der Waals surface area contributed by atoms with Crippen molar-refractivity contribution in [2.24, 2.45) is 0 Å². The quantitative estimate of drug-likeness (QED) is 0.815. The van der Waals surface area contributed by atoms with E-state index in [-0.39, 0.29) is 23.9 Å². The summed E-state index contributed by atoms with van der Waals surface area (Å²) in [5.41, 5.74) is 1.78. The van der Waals surface area contributed by atoms with E-state index >= 15 is 0 Å². The van der Waals surface area contributed by atoms with Crippen molar-refractivity contribution in [2.75, 3.05) is 26.3 Å². The minimum absolute atomic E-state index is 0.133. The maximum Gasteiger partial charge on any atom is 0.293 e. The molecule has 4 heterocycles. The van der Waals surface area contributed by atoms with Gasteiger partial charge < -0.3 is 14.4 Å². The van der Waals surface area contributed by atoms with Gasteiger partial charge in [-0.1, -0.05) is 0 Å². The van der Waals surface area contributed by atoms with Crippen molar-refractivity contribution >= 4 is 11.7 Å². The van der Waals surface area contributed by atoms with Crippen LogP contribution in [0.4, 0.5) is 0 Å². The first-order valence-corrected chi connectivity index (χ1v) is 9.83. The van der Waals surface area contributed by atoms with Gasteiger partial charge in [-0.05, 0) is 52.0 Å². The van der Waals surface area contributed by atoms with Gasteiger partial charge in [0, 0.05) is 31.1 Å². The minimum atomic E-state index is -0.133. The molecule has 8 nitrogen and oxygen atoms in total. The fourth-order valence-electron chi connectivity index (χ4n) is 3.81. The van der Waals surface area contributed by atoms with Gasteiger partial charge in [0.1, 0.15) is 0 Å². The van der Waals surface area contributed by atoms with Crippen LogP contribution in [-0.2, 0) is 9.47 Å². The molecule has 0 bridgehead atoms. The number of likely N-dealkylation sites (tertiary alicyclic amines) is 1. The van der Waals surface area contributed by atoms with E-state index in [1.807, 2.05) is 24.8 Å². The topological polar surface area (TPSA) is 81.9 Å². The molecule has 1 atom stereocenters. The number of aromatic nitrogens is 4. The summed E-state index contributed by atoms with van der Waals surface area (Å²) in [4.78, 5) is 23.3. The van der Waals surface area contributed by atoms with E-state index in [2.05, 4.69) is 15.1 Å². The smallest absolute Gasteiger partial charge is 0.293 e. The van der Waals surface area contributed by atoms with Gasteiger partial charge >= 0.3 is 0 Å². The molecule has 27 heavy (non-hydrogen) atoms. The molecule has 2 saturated heterocycles. The van der Waals surface area contributed by atoms with Crippen LogP contribution in [0.15, 0.2) is 6.07 Å². The van der Waals surface area contributed by atoms with Crippen LogP contribution < -0.4 is 0 Å². The molecule has 2 aromatic rings. The van der Waals surface area contributed by atoms with Crippen molar-refractivity contribution in [3.05, 3.63) is 23.3 Å². The normalized spacial score (nSPS) is 21.7. The van der Waals surface area contributed by atoms with E-state index in [1.54, 1.807) is 4.52 Å². The molecular weight excluding hydrogens is 346 g/mol. The van der Waals surface area contributed by atoms with Gasteiger partial charge in [-0.15, -0.1) is 5.10 Å². The summed E-state index contributed by atoms with van der Waals surface area (Å²) < 4.78 is 13.4. The van der Waals surface area contributed by atoms with E-state index in [0.29, 0.717) is 25.5 Å². The van der Waals surface area contributed by atoms with Crippen LogP contribution in [0.3, 0.4) is 0 Å². The molecule has 2 aliphatic rings. The standard InChI is InChI=1S/C19H27N5O3/c1-13-11-14(2)24-19(20-13)21-17(22-24)18(25)23-8-6-15(7-9-23)27-12-16-5-3-4-10-26-16/h11,15-16H,3-10,12H2,1-2H3. The molecule has 1 amide bonds. The van der Waals surface area contributed by atoms with Crippen molar-refractivity contribution in [3.63, 3.8) is 0 Å². The van der Waals surface area contributed by atoms with Gasteiger partial charge in [-0.2, -0.15) is 4.98 Å². The first kappa shape index (κ1) is 18.3.